The van der Waals surface area contributed by atoms with Gasteiger partial charge in [0.05, 0.1) is 5.39 Å². The number of nitrogens with one attached hydrogen (secondary N) is 1. The molecule has 3 rings (SSSR count). The third kappa shape index (κ3) is 3.83. The van der Waals surface area contributed by atoms with E-state index in [0.29, 0.717) is 5.69 Å². The Kier molecular flexibility index (Phi) is 5.21. The average Bonchev–Trinajstić information content (AvgIpc) is 2.55. The molecule has 2 aromatic carbocycles. The molecule has 1 heterocycles. The first kappa shape index (κ1) is 19.0. The van der Waals surface area contributed by atoms with Crippen LogP contribution in [0.5, 0.6) is 5.75 Å². The van der Waals surface area contributed by atoms with Gasteiger partial charge in [0, 0.05) is 15.7 Å². The molecule has 0 saturated heterocycles. The van der Waals surface area contributed by atoms with Crippen molar-refractivity contribution < 1.29 is 14.3 Å². The van der Waals surface area contributed by atoms with Crippen LogP contribution in [0.2, 0.25) is 0 Å². The molecule has 3 aromatic rings. The zero-order chi connectivity index (χ0) is 19.1. The molecule has 2 N–H and O–H groups in total. The maximum atomic E-state index is 12.4. The van der Waals surface area contributed by atoms with Crippen LogP contribution in [0, 0.1) is 0 Å². The number of fused-ring (bicyclic) bond motifs is 1. The zero-order valence-electron chi connectivity index (χ0n) is 12.7. The van der Waals surface area contributed by atoms with Gasteiger partial charge in [-0.3, -0.25) is 4.79 Å². The molecule has 26 heavy (non-hydrogen) atoms. The summed E-state index contributed by atoms with van der Waals surface area (Å²) in [6, 6.07) is 10.9. The Bertz CT molecular complexity index is 1060. The third-order valence-corrected chi connectivity index (χ3v) is 4.72. The van der Waals surface area contributed by atoms with E-state index in [0.717, 1.165) is 4.47 Å². The van der Waals surface area contributed by atoms with Gasteiger partial charge in [0.15, 0.2) is 5.56 Å². The molecule has 0 atom stereocenters. The minimum atomic E-state index is -1.72. The van der Waals surface area contributed by atoms with E-state index >= 15 is 0 Å². The normalized spacial score (nSPS) is 11.5. The molecule has 5 nitrogen and oxygen atoms in total. The van der Waals surface area contributed by atoms with Crippen molar-refractivity contribution in [2.24, 2.45) is 0 Å². The first-order valence-corrected chi connectivity index (χ1v) is 9.03. The fraction of sp³-hybridized carbons (Fsp3) is 0.0588. The van der Waals surface area contributed by atoms with Crippen LogP contribution < -0.4 is 10.9 Å². The number of alkyl halides is 3. The number of halogens is 4. The molecule has 0 aliphatic heterocycles. The lowest BCUT2D eigenvalue weighted by Crippen LogP contribution is -2.21. The number of carbonyl (C=O) groups is 1. The number of hydrogen-bond donors (Lipinski definition) is 2. The molecule has 0 spiro atoms. The summed E-state index contributed by atoms with van der Waals surface area (Å²) >= 11 is 20.7. The maximum Gasteiger partial charge on any atom is 0.353 e. The van der Waals surface area contributed by atoms with Gasteiger partial charge in [-0.25, -0.2) is 4.79 Å². The number of anilines is 1. The summed E-state index contributed by atoms with van der Waals surface area (Å²) < 4.78 is 4.23. The highest BCUT2D eigenvalue weighted by molar-refractivity contribution is 9.10. The van der Waals surface area contributed by atoms with Crippen LogP contribution in [-0.4, -0.2) is 11.0 Å². The second-order valence-electron chi connectivity index (χ2n) is 5.28. The topological polar surface area (TPSA) is 79.5 Å². The Morgan fingerprint density at radius 2 is 1.77 bits per heavy atom. The molecule has 134 valence electrons. The van der Waals surface area contributed by atoms with E-state index in [1.165, 1.54) is 18.2 Å². The molecule has 0 aliphatic carbocycles. The van der Waals surface area contributed by atoms with E-state index in [1.54, 1.807) is 24.3 Å². The minimum Gasteiger partial charge on any atom is -0.506 e. The Morgan fingerprint density at radius 3 is 2.38 bits per heavy atom. The van der Waals surface area contributed by atoms with Crippen LogP contribution in [0.1, 0.15) is 15.9 Å². The fourth-order valence-corrected chi connectivity index (χ4v) is 2.91. The summed E-state index contributed by atoms with van der Waals surface area (Å²) in [5.41, 5.74) is -0.821. The van der Waals surface area contributed by atoms with Gasteiger partial charge < -0.3 is 14.8 Å². The fourth-order valence-electron chi connectivity index (χ4n) is 2.29. The van der Waals surface area contributed by atoms with Crippen molar-refractivity contribution in [2.45, 2.75) is 3.79 Å². The molecular weight excluding hydrogens is 468 g/mol. The van der Waals surface area contributed by atoms with E-state index in [1.807, 2.05) is 0 Å². The van der Waals surface area contributed by atoms with Gasteiger partial charge in [0.25, 0.3) is 5.91 Å². The molecule has 1 amide bonds. The Labute approximate surface area is 170 Å². The molecule has 0 radical (unpaired) electrons. The largest absolute Gasteiger partial charge is 0.506 e. The Hall–Kier alpha value is -1.73. The molecule has 1 aromatic heterocycles. The molecule has 9 heteroatoms. The van der Waals surface area contributed by atoms with Gasteiger partial charge >= 0.3 is 5.63 Å². The molecule has 0 unspecified atom stereocenters. The summed E-state index contributed by atoms with van der Waals surface area (Å²) in [6.45, 7) is 0. The van der Waals surface area contributed by atoms with Crippen molar-refractivity contribution in [1.29, 1.82) is 0 Å². The van der Waals surface area contributed by atoms with Gasteiger partial charge in [0.1, 0.15) is 11.3 Å². The van der Waals surface area contributed by atoms with Gasteiger partial charge in [-0.2, -0.15) is 0 Å². The Balaban J connectivity index is 2.05. The van der Waals surface area contributed by atoms with Crippen molar-refractivity contribution >= 4 is 73.3 Å². The predicted molar refractivity (Wildman–Crippen MR) is 105 cm³/mol. The molecule has 0 saturated carbocycles. The third-order valence-electron chi connectivity index (χ3n) is 3.54. The summed E-state index contributed by atoms with van der Waals surface area (Å²) in [5, 5.41) is 13.1. The highest BCUT2D eigenvalue weighted by Crippen LogP contribution is 2.40. The minimum absolute atomic E-state index is 0.00323. The van der Waals surface area contributed by atoms with Crippen LogP contribution in [0.25, 0.3) is 11.0 Å². The second-order valence-corrected chi connectivity index (χ2v) is 8.48. The lowest BCUT2D eigenvalue weighted by Gasteiger charge is -2.12. The molecule has 0 fully saturated rings. The van der Waals surface area contributed by atoms with E-state index in [-0.39, 0.29) is 16.5 Å². The SMILES string of the molecule is O=C(Nc1ccc(Br)cc1)c1c(O)c2ccc(C(Cl)(Cl)Cl)cc2oc1=O. The van der Waals surface area contributed by atoms with Crippen molar-refractivity contribution in [1.82, 2.24) is 0 Å². The monoisotopic (exact) mass is 475 g/mol. The first-order chi connectivity index (χ1) is 12.2. The molecule has 0 bridgehead atoms. The number of amides is 1. The van der Waals surface area contributed by atoms with Crippen molar-refractivity contribution in [3.63, 3.8) is 0 Å². The van der Waals surface area contributed by atoms with Gasteiger partial charge in [-0.05, 0) is 36.4 Å². The predicted octanol–water partition coefficient (Wildman–Crippen LogP) is 5.34. The van der Waals surface area contributed by atoms with E-state index < -0.39 is 26.6 Å². The van der Waals surface area contributed by atoms with Gasteiger partial charge in [0.2, 0.25) is 3.79 Å². The van der Waals surface area contributed by atoms with Crippen molar-refractivity contribution in [3.05, 3.63) is 68.5 Å². The maximum absolute atomic E-state index is 12.4. The van der Waals surface area contributed by atoms with Crippen molar-refractivity contribution in [3.8, 4) is 5.75 Å². The number of benzene rings is 2. The first-order valence-electron chi connectivity index (χ1n) is 7.11. The summed E-state index contributed by atoms with van der Waals surface area (Å²) in [7, 11) is 0. The summed E-state index contributed by atoms with van der Waals surface area (Å²) in [6.07, 6.45) is 0. The van der Waals surface area contributed by atoms with Crippen LogP contribution in [0.4, 0.5) is 5.69 Å². The van der Waals surface area contributed by atoms with Gasteiger partial charge in [-0.1, -0.05) is 56.8 Å². The average molecular weight is 478 g/mol. The quantitative estimate of drug-likeness (QED) is 0.386. The smallest absolute Gasteiger partial charge is 0.353 e. The van der Waals surface area contributed by atoms with Crippen LogP contribution >= 0.6 is 50.7 Å². The highest BCUT2D eigenvalue weighted by Gasteiger charge is 2.26. The number of hydrogen-bond acceptors (Lipinski definition) is 4. The van der Waals surface area contributed by atoms with Crippen LogP contribution in [0.15, 0.2) is 56.1 Å². The lowest BCUT2D eigenvalue weighted by atomic mass is 10.1. The van der Waals surface area contributed by atoms with Gasteiger partial charge in [-0.15, -0.1) is 0 Å². The standard InChI is InChI=1S/C17H9BrCl3NO4/c18-9-2-4-10(5-3-9)22-15(24)13-14(23)11-6-1-8(17(19,20)21)7-12(11)26-16(13)25/h1-7,23H,(H,22,24). The highest BCUT2D eigenvalue weighted by atomic mass is 79.9. The Morgan fingerprint density at radius 1 is 1.12 bits per heavy atom. The molecule has 0 aliphatic rings. The summed E-state index contributed by atoms with van der Waals surface area (Å²) in [4.78, 5) is 24.6. The lowest BCUT2D eigenvalue weighted by molar-refractivity contribution is 0.102. The van der Waals surface area contributed by atoms with E-state index in [9.17, 15) is 14.7 Å². The number of aromatic hydroxyl groups is 1. The van der Waals surface area contributed by atoms with Crippen LogP contribution in [0.3, 0.4) is 0 Å². The van der Waals surface area contributed by atoms with Crippen LogP contribution in [-0.2, 0) is 3.79 Å². The van der Waals surface area contributed by atoms with E-state index in [4.69, 9.17) is 39.2 Å². The summed E-state index contributed by atoms with van der Waals surface area (Å²) in [5.74, 6) is -1.31. The van der Waals surface area contributed by atoms with E-state index in [2.05, 4.69) is 21.2 Å². The number of carbonyl (C=O) groups excluding carboxylic acids is 1. The molecular formula is C17H9BrCl3NO4. The second kappa shape index (κ2) is 7.12. The van der Waals surface area contributed by atoms with Crippen molar-refractivity contribution in [2.75, 3.05) is 5.32 Å². The number of rotatable bonds is 2. The zero-order valence-corrected chi connectivity index (χ0v) is 16.6.